The van der Waals surface area contributed by atoms with Crippen molar-refractivity contribution >= 4 is 0 Å². The zero-order valence-corrected chi connectivity index (χ0v) is 19.2. The van der Waals surface area contributed by atoms with Crippen molar-refractivity contribution in [3.8, 4) is 0 Å². The molecule has 2 N–H and O–H groups in total. The van der Waals surface area contributed by atoms with Gasteiger partial charge < -0.3 is 10.2 Å². The first kappa shape index (κ1) is 21.4. The van der Waals surface area contributed by atoms with Crippen LogP contribution in [0.1, 0.15) is 93.3 Å². The summed E-state index contributed by atoms with van der Waals surface area (Å²) < 4.78 is 8.71. The molecule has 0 unspecified atom stereocenters. The van der Waals surface area contributed by atoms with Gasteiger partial charge in [0, 0.05) is 6.42 Å². The van der Waals surface area contributed by atoms with Gasteiger partial charge in [0.25, 0.3) is 0 Å². The highest BCUT2D eigenvalue weighted by Gasteiger charge is 2.50. The first-order chi connectivity index (χ1) is 14.1. The van der Waals surface area contributed by atoms with Crippen LogP contribution in [0.25, 0.3) is 0 Å². The third-order valence-corrected chi connectivity index (χ3v) is 8.32. The maximum Gasteiger partial charge on any atom is 0.0811 e. The lowest BCUT2D eigenvalue weighted by Gasteiger charge is -2.44. The van der Waals surface area contributed by atoms with Gasteiger partial charge in [-0.15, -0.1) is 0 Å². The lowest BCUT2D eigenvalue weighted by molar-refractivity contribution is 0.0861. The minimum absolute atomic E-state index is 0.337. The Morgan fingerprint density at radius 3 is 2.72 bits per heavy atom. The van der Waals surface area contributed by atoms with Crippen molar-refractivity contribution in [3.05, 3.63) is 35.4 Å². The molecule has 0 saturated heterocycles. The zero-order valence-electron chi connectivity index (χ0n) is 20.2. The van der Waals surface area contributed by atoms with Crippen LogP contribution < -0.4 is 0 Å². The third-order valence-electron chi connectivity index (χ3n) is 8.32. The second-order valence-corrected chi connectivity index (χ2v) is 10.9. The van der Waals surface area contributed by atoms with Crippen molar-refractivity contribution in [1.29, 1.82) is 0 Å². The molecule has 3 fully saturated rings. The number of aliphatic hydroxyl groups excluding tert-OH is 2. The molecule has 3 aliphatic carbocycles. The summed E-state index contributed by atoms with van der Waals surface area (Å²) in [4.78, 5) is 0. The molecule has 2 nitrogen and oxygen atoms in total. The van der Waals surface area contributed by atoms with Crippen LogP contribution >= 0.6 is 0 Å². The van der Waals surface area contributed by atoms with Crippen molar-refractivity contribution in [1.82, 2.24) is 0 Å². The smallest absolute Gasteiger partial charge is 0.0811 e. The van der Waals surface area contributed by atoms with Crippen LogP contribution in [-0.4, -0.2) is 22.4 Å². The van der Waals surface area contributed by atoms with E-state index in [-0.39, 0.29) is 0 Å². The Morgan fingerprint density at radius 2 is 2.00 bits per heavy atom. The van der Waals surface area contributed by atoms with Gasteiger partial charge in [0.05, 0.1) is 13.6 Å². The normalized spacial score (nSPS) is 40.2. The van der Waals surface area contributed by atoms with Crippen molar-refractivity contribution in [3.63, 3.8) is 0 Å². The average Bonchev–Trinajstić information content (AvgIpc) is 3.02. The van der Waals surface area contributed by atoms with E-state index in [9.17, 15) is 10.2 Å². The van der Waals surface area contributed by atoms with Crippen LogP contribution in [0.5, 0.6) is 0 Å². The molecule has 6 atom stereocenters. The predicted octanol–water partition coefficient (Wildman–Crippen LogP) is 6.59. The molecule has 0 aliphatic heterocycles. The largest absolute Gasteiger partial charge is 0.393 e. The number of fused-ring (bicyclic) bond motifs is 1. The highest BCUT2D eigenvalue weighted by atomic mass is 16.3. The van der Waals surface area contributed by atoms with E-state index in [0.29, 0.717) is 35.8 Å². The molecular weight excluding hydrogens is 356 g/mol. The number of allylic oxidation sites excluding steroid dienone is 3. The fourth-order valence-corrected chi connectivity index (χ4v) is 6.62. The van der Waals surface area contributed by atoms with E-state index in [2.05, 4.69) is 40.3 Å². The summed E-state index contributed by atoms with van der Waals surface area (Å²) in [5.41, 5.74) is 3.16. The standard InChI is InChI=1S/C27H44O2/c1-18(2)8-6-9-19(3)24-13-14-25-21(10-7-15-27(24,25)5)11-12-22-16-23(28)17-26(29)20(22)4/h11-12,18-19,23-26,28-29H,4,6-10,13-17H2,1-3,5H3/b21-11+,22-12-/t19-,23-,24-,25+,26+,27-/m1/s1/i12D. The van der Waals surface area contributed by atoms with E-state index in [4.69, 9.17) is 1.37 Å². The van der Waals surface area contributed by atoms with Gasteiger partial charge in [-0.25, -0.2) is 0 Å². The Labute approximate surface area is 180 Å². The van der Waals surface area contributed by atoms with E-state index in [1.807, 2.05) is 0 Å². The molecule has 2 heteroatoms. The molecule has 0 spiro atoms. The van der Waals surface area contributed by atoms with Crippen molar-refractivity contribution in [2.75, 3.05) is 0 Å². The number of hydrogen-bond donors (Lipinski definition) is 2. The Morgan fingerprint density at radius 1 is 1.24 bits per heavy atom. The molecule has 0 aromatic carbocycles. The maximum atomic E-state index is 10.2. The summed E-state index contributed by atoms with van der Waals surface area (Å²) in [5.74, 6) is 2.93. The Kier molecular flexibility index (Phi) is 7.02. The van der Waals surface area contributed by atoms with E-state index < -0.39 is 12.2 Å². The van der Waals surface area contributed by atoms with Gasteiger partial charge >= 0.3 is 0 Å². The number of hydrogen-bond acceptors (Lipinski definition) is 2. The number of rotatable bonds is 6. The van der Waals surface area contributed by atoms with Crippen molar-refractivity contribution < 1.29 is 11.6 Å². The van der Waals surface area contributed by atoms with Crippen LogP contribution in [0.2, 0.25) is 0 Å². The minimum Gasteiger partial charge on any atom is -0.393 e. The fourth-order valence-electron chi connectivity index (χ4n) is 6.62. The monoisotopic (exact) mass is 401 g/mol. The van der Waals surface area contributed by atoms with E-state index in [1.54, 1.807) is 0 Å². The SMILES string of the molecule is [2H]C(/C=C1\CCC[C@]2(C)[C@@H]([C@H](C)CCCC(C)C)CC[C@@H]12)=C1\C[C@@H](O)C[C@H](O)C1=C. The van der Waals surface area contributed by atoms with Gasteiger partial charge in [0.2, 0.25) is 0 Å². The number of aliphatic hydroxyl groups is 2. The zero-order chi connectivity index (χ0) is 22.1. The maximum absolute atomic E-state index is 10.2. The summed E-state index contributed by atoms with van der Waals surface area (Å²) in [6.07, 6.45) is 11.7. The van der Waals surface area contributed by atoms with Crippen LogP contribution in [0.4, 0.5) is 0 Å². The molecule has 29 heavy (non-hydrogen) atoms. The first-order valence-electron chi connectivity index (χ1n) is 12.6. The van der Waals surface area contributed by atoms with Crippen molar-refractivity contribution in [2.45, 2.75) is 104 Å². The lowest BCUT2D eigenvalue weighted by atomic mass is 9.60. The molecule has 0 heterocycles. The van der Waals surface area contributed by atoms with Crippen molar-refractivity contribution in [2.24, 2.45) is 29.1 Å². The third kappa shape index (κ3) is 5.07. The second kappa shape index (κ2) is 9.52. The molecule has 3 aliphatic rings. The molecule has 0 aromatic rings. The van der Waals surface area contributed by atoms with Crippen LogP contribution in [0.3, 0.4) is 0 Å². The van der Waals surface area contributed by atoms with E-state index in [0.717, 1.165) is 29.7 Å². The quantitative estimate of drug-likeness (QED) is 0.527. The van der Waals surface area contributed by atoms with Gasteiger partial charge in [0.1, 0.15) is 0 Å². The second-order valence-electron chi connectivity index (χ2n) is 10.9. The summed E-state index contributed by atoms with van der Waals surface area (Å²) in [6.45, 7) is 13.6. The van der Waals surface area contributed by atoms with E-state index in [1.165, 1.54) is 50.5 Å². The molecule has 0 aromatic heterocycles. The Bertz CT molecular complexity index is 691. The minimum atomic E-state index is -0.721. The molecular formula is C27H44O2. The molecule has 164 valence electrons. The van der Waals surface area contributed by atoms with Crippen LogP contribution in [0, 0.1) is 29.1 Å². The first-order valence-corrected chi connectivity index (χ1v) is 12.1. The van der Waals surface area contributed by atoms with E-state index >= 15 is 0 Å². The Hall–Kier alpha value is -0.860. The highest BCUT2D eigenvalue weighted by Crippen LogP contribution is 2.59. The molecule has 3 rings (SSSR count). The molecule has 0 radical (unpaired) electrons. The molecule has 0 amide bonds. The highest BCUT2D eigenvalue weighted by molar-refractivity contribution is 5.38. The fraction of sp³-hybridized carbons (Fsp3) is 0.778. The predicted molar refractivity (Wildman–Crippen MR) is 123 cm³/mol. The molecule has 3 saturated carbocycles. The topological polar surface area (TPSA) is 40.5 Å². The summed E-state index contributed by atoms with van der Waals surface area (Å²) in [5, 5.41) is 20.2. The Balaban J connectivity index is 1.77. The molecule has 0 bridgehead atoms. The summed E-state index contributed by atoms with van der Waals surface area (Å²) in [6, 6.07) is 0.463. The van der Waals surface area contributed by atoms with Gasteiger partial charge in [-0.05, 0) is 78.8 Å². The van der Waals surface area contributed by atoms with Gasteiger partial charge in [-0.3, -0.25) is 0 Å². The average molecular weight is 402 g/mol. The summed E-state index contributed by atoms with van der Waals surface area (Å²) >= 11 is 0. The van der Waals surface area contributed by atoms with Crippen LogP contribution in [-0.2, 0) is 0 Å². The van der Waals surface area contributed by atoms with Gasteiger partial charge in [0.15, 0.2) is 0 Å². The summed E-state index contributed by atoms with van der Waals surface area (Å²) in [7, 11) is 0. The van der Waals surface area contributed by atoms with Gasteiger partial charge in [-0.1, -0.05) is 71.2 Å². The lowest BCUT2D eigenvalue weighted by Crippen LogP contribution is -2.36. The van der Waals surface area contributed by atoms with Gasteiger partial charge in [-0.2, -0.15) is 0 Å². The van der Waals surface area contributed by atoms with Crippen LogP contribution in [0.15, 0.2) is 35.4 Å².